The fraction of sp³-hybridized carbons (Fsp3) is 0.588. The van der Waals surface area contributed by atoms with Gasteiger partial charge in [-0.05, 0) is 56.2 Å². The van der Waals surface area contributed by atoms with Crippen LogP contribution in [-0.4, -0.2) is 28.1 Å². The Labute approximate surface area is 136 Å². The number of hydrogen-bond acceptors (Lipinski definition) is 3. The average Bonchev–Trinajstić information content (AvgIpc) is 2.55. The zero-order valence-corrected chi connectivity index (χ0v) is 13.7. The summed E-state index contributed by atoms with van der Waals surface area (Å²) >= 11 is 0. The second-order valence-electron chi connectivity index (χ2n) is 6.15. The van der Waals surface area contributed by atoms with Crippen molar-refractivity contribution < 1.29 is 14.7 Å². The van der Waals surface area contributed by atoms with Crippen LogP contribution in [0.15, 0.2) is 18.5 Å². The molecule has 0 radical (unpaired) electrons. The van der Waals surface area contributed by atoms with Crippen molar-refractivity contribution >= 4 is 12.0 Å². The van der Waals surface area contributed by atoms with Gasteiger partial charge in [-0.1, -0.05) is 6.92 Å². The number of hydrogen-bond donors (Lipinski definition) is 3. The Morgan fingerprint density at radius 3 is 2.65 bits per heavy atom. The summed E-state index contributed by atoms with van der Waals surface area (Å²) in [6.07, 6.45) is 7.12. The van der Waals surface area contributed by atoms with Crippen molar-refractivity contribution in [1.82, 2.24) is 15.6 Å². The highest BCUT2D eigenvalue weighted by Gasteiger charge is 2.27. The highest BCUT2D eigenvalue weighted by molar-refractivity contribution is 5.75. The number of urea groups is 1. The Balaban J connectivity index is 1.84. The number of aliphatic carboxylic acids is 1. The highest BCUT2D eigenvalue weighted by atomic mass is 16.4. The van der Waals surface area contributed by atoms with Crippen LogP contribution >= 0.6 is 0 Å². The molecule has 1 heterocycles. The lowest BCUT2D eigenvalue weighted by Gasteiger charge is -2.27. The predicted octanol–water partition coefficient (Wildman–Crippen LogP) is 2.65. The van der Waals surface area contributed by atoms with Gasteiger partial charge < -0.3 is 15.7 Å². The summed E-state index contributed by atoms with van der Waals surface area (Å²) in [7, 11) is 0. The first kappa shape index (κ1) is 17.2. The normalized spacial score (nSPS) is 22.2. The van der Waals surface area contributed by atoms with Crippen LogP contribution in [-0.2, 0) is 11.2 Å². The molecule has 1 aliphatic carbocycles. The fourth-order valence-electron chi connectivity index (χ4n) is 3.14. The summed E-state index contributed by atoms with van der Waals surface area (Å²) in [5.41, 5.74) is 2.20. The smallest absolute Gasteiger partial charge is 0.315 e. The van der Waals surface area contributed by atoms with Crippen molar-refractivity contribution in [3.63, 3.8) is 0 Å². The minimum atomic E-state index is -0.730. The molecule has 0 saturated heterocycles. The molecule has 0 spiro atoms. The first-order valence-corrected chi connectivity index (χ1v) is 8.23. The molecular weight excluding hydrogens is 294 g/mol. The molecule has 1 aliphatic rings. The molecule has 1 saturated carbocycles. The van der Waals surface area contributed by atoms with Crippen LogP contribution in [0.1, 0.15) is 56.7 Å². The molecule has 2 rings (SSSR count). The molecule has 0 aliphatic heterocycles. The molecule has 6 nitrogen and oxygen atoms in total. The molecule has 23 heavy (non-hydrogen) atoms. The Morgan fingerprint density at radius 2 is 2.04 bits per heavy atom. The third kappa shape index (κ3) is 4.68. The maximum Gasteiger partial charge on any atom is 0.315 e. The SMILES string of the molecule is CCc1cnccc1C(C)NC(=O)NC1CCC(C(=O)O)CC1. The zero-order chi connectivity index (χ0) is 16.8. The number of aryl methyl sites for hydroxylation is 1. The van der Waals surface area contributed by atoms with E-state index in [4.69, 9.17) is 5.11 Å². The lowest BCUT2D eigenvalue weighted by molar-refractivity contribution is -0.142. The largest absolute Gasteiger partial charge is 0.481 e. The third-order valence-electron chi connectivity index (χ3n) is 4.55. The summed E-state index contributed by atoms with van der Waals surface area (Å²) in [5.74, 6) is -0.995. The molecule has 126 valence electrons. The van der Waals surface area contributed by atoms with Gasteiger partial charge in [0.1, 0.15) is 0 Å². The van der Waals surface area contributed by atoms with E-state index in [0.29, 0.717) is 25.7 Å². The molecule has 1 fully saturated rings. The Morgan fingerprint density at radius 1 is 1.35 bits per heavy atom. The quantitative estimate of drug-likeness (QED) is 0.778. The molecular formula is C17H25N3O3. The van der Waals surface area contributed by atoms with Gasteiger partial charge in [-0.15, -0.1) is 0 Å². The molecule has 0 bridgehead atoms. The first-order chi connectivity index (χ1) is 11.0. The van der Waals surface area contributed by atoms with Crippen LogP contribution in [0.25, 0.3) is 0 Å². The molecule has 1 aromatic heterocycles. The lowest BCUT2D eigenvalue weighted by atomic mass is 9.86. The van der Waals surface area contributed by atoms with Gasteiger partial charge in [0.15, 0.2) is 0 Å². The minimum Gasteiger partial charge on any atom is -0.481 e. The second kappa shape index (κ2) is 7.94. The van der Waals surface area contributed by atoms with Crippen molar-refractivity contribution in [1.29, 1.82) is 0 Å². The Hall–Kier alpha value is -2.11. The van der Waals surface area contributed by atoms with E-state index in [0.717, 1.165) is 17.5 Å². The van der Waals surface area contributed by atoms with Gasteiger partial charge in [-0.3, -0.25) is 9.78 Å². The molecule has 6 heteroatoms. The highest BCUT2D eigenvalue weighted by Crippen LogP contribution is 2.24. The number of carboxylic acids is 1. The van der Waals surface area contributed by atoms with Crippen molar-refractivity contribution in [2.75, 3.05) is 0 Å². The number of rotatable bonds is 5. The van der Waals surface area contributed by atoms with Crippen molar-refractivity contribution in [3.05, 3.63) is 29.6 Å². The molecule has 0 aromatic carbocycles. The van der Waals surface area contributed by atoms with Gasteiger partial charge >= 0.3 is 12.0 Å². The number of nitrogens with zero attached hydrogens (tertiary/aromatic N) is 1. The lowest BCUT2D eigenvalue weighted by Crippen LogP contribution is -2.44. The van der Waals surface area contributed by atoms with E-state index in [1.165, 1.54) is 0 Å². The van der Waals surface area contributed by atoms with E-state index in [1.54, 1.807) is 6.20 Å². The average molecular weight is 319 g/mol. The molecule has 1 unspecified atom stereocenters. The van der Waals surface area contributed by atoms with Gasteiger partial charge in [0, 0.05) is 18.4 Å². The van der Waals surface area contributed by atoms with Crippen LogP contribution in [0.2, 0.25) is 0 Å². The maximum absolute atomic E-state index is 12.2. The summed E-state index contributed by atoms with van der Waals surface area (Å²) in [6.45, 7) is 4.02. The zero-order valence-electron chi connectivity index (χ0n) is 13.7. The van der Waals surface area contributed by atoms with E-state index < -0.39 is 5.97 Å². The number of carbonyl (C=O) groups is 2. The van der Waals surface area contributed by atoms with Crippen molar-refractivity contribution in [3.8, 4) is 0 Å². The number of amides is 2. The fourth-order valence-corrected chi connectivity index (χ4v) is 3.14. The van der Waals surface area contributed by atoms with E-state index >= 15 is 0 Å². The van der Waals surface area contributed by atoms with Gasteiger partial charge in [0.2, 0.25) is 0 Å². The monoisotopic (exact) mass is 319 g/mol. The van der Waals surface area contributed by atoms with Gasteiger partial charge in [0.25, 0.3) is 0 Å². The van der Waals surface area contributed by atoms with Gasteiger partial charge in [-0.2, -0.15) is 0 Å². The number of nitrogens with one attached hydrogen (secondary N) is 2. The Bertz CT molecular complexity index is 554. The predicted molar refractivity (Wildman–Crippen MR) is 87.1 cm³/mol. The first-order valence-electron chi connectivity index (χ1n) is 8.23. The summed E-state index contributed by atoms with van der Waals surface area (Å²) in [4.78, 5) is 27.2. The van der Waals surface area contributed by atoms with E-state index in [2.05, 4.69) is 22.5 Å². The van der Waals surface area contributed by atoms with Gasteiger partial charge in [0.05, 0.1) is 12.0 Å². The minimum absolute atomic E-state index is 0.0564. The molecule has 3 N–H and O–H groups in total. The summed E-state index contributed by atoms with van der Waals surface area (Å²) in [6, 6.07) is 1.70. The van der Waals surface area contributed by atoms with E-state index in [9.17, 15) is 9.59 Å². The second-order valence-corrected chi connectivity index (χ2v) is 6.15. The van der Waals surface area contributed by atoms with Crippen LogP contribution in [0, 0.1) is 5.92 Å². The topological polar surface area (TPSA) is 91.3 Å². The van der Waals surface area contributed by atoms with Crippen LogP contribution in [0.3, 0.4) is 0 Å². The standard InChI is InChI=1S/C17H25N3O3/c1-3-12-10-18-9-8-15(12)11(2)19-17(23)20-14-6-4-13(5-7-14)16(21)22/h8-11,13-14H,3-7H2,1-2H3,(H,21,22)(H2,19,20,23). The van der Waals surface area contributed by atoms with Gasteiger partial charge in [-0.25, -0.2) is 4.79 Å². The van der Waals surface area contributed by atoms with Crippen LogP contribution in [0.4, 0.5) is 4.79 Å². The van der Waals surface area contributed by atoms with Crippen LogP contribution in [0.5, 0.6) is 0 Å². The molecule has 2 amide bonds. The van der Waals surface area contributed by atoms with E-state index in [1.807, 2.05) is 19.2 Å². The maximum atomic E-state index is 12.2. The molecule has 1 atom stereocenters. The van der Waals surface area contributed by atoms with Crippen LogP contribution < -0.4 is 10.6 Å². The summed E-state index contributed by atoms with van der Waals surface area (Å²) < 4.78 is 0. The van der Waals surface area contributed by atoms with E-state index in [-0.39, 0.29) is 24.0 Å². The van der Waals surface area contributed by atoms with Crippen molar-refractivity contribution in [2.45, 2.75) is 58.0 Å². The third-order valence-corrected chi connectivity index (χ3v) is 4.55. The summed E-state index contributed by atoms with van der Waals surface area (Å²) in [5, 5.41) is 14.9. The van der Waals surface area contributed by atoms with Crippen molar-refractivity contribution in [2.24, 2.45) is 5.92 Å². The number of aromatic nitrogens is 1. The number of carbonyl (C=O) groups excluding carboxylic acids is 1. The molecule has 1 aromatic rings. The number of pyridine rings is 1. The number of carboxylic acid groups (broad SMARTS) is 1. The Kier molecular flexibility index (Phi) is 5.96.